The van der Waals surface area contributed by atoms with Crippen LogP contribution in [0, 0.1) is 0 Å². The first kappa shape index (κ1) is 15.8. The van der Waals surface area contributed by atoms with E-state index in [9.17, 15) is 13.2 Å². The number of benzene rings is 1. The average molecular weight is 327 g/mol. The number of ether oxygens (including phenoxy) is 1. The summed E-state index contributed by atoms with van der Waals surface area (Å²) in [4.78, 5) is 0. The Morgan fingerprint density at radius 2 is 2.13 bits per heavy atom. The van der Waals surface area contributed by atoms with Gasteiger partial charge in [0.15, 0.2) is 0 Å². The number of aromatic nitrogens is 2. The summed E-state index contributed by atoms with van der Waals surface area (Å²) in [6.07, 6.45) is -2.48. The van der Waals surface area contributed by atoms with E-state index >= 15 is 0 Å². The van der Waals surface area contributed by atoms with Gasteiger partial charge >= 0.3 is 12.2 Å². The lowest BCUT2D eigenvalue weighted by atomic mass is 10.0. The van der Waals surface area contributed by atoms with Gasteiger partial charge in [0.1, 0.15) is 0 Å². The topological polar surface area (TPSA) is 60.2 Å². The fourth-order valence-electron chi connectivity index (χ4n) is 2.44. The number of hydrogen-bond acceptors (Lipinski definition) is 5. The molecule has 8 heteroatoms. The van der Waals surface area contributed by atoms with Gasteiger partial charge in [-0.2, -0.15) is 13.2 Å². The predicted octanol–water partition coefficient (Wildman–Crippen LogP) is 3.59. The van der Waals surface area contributed by atoms with Crippen LogP contribution in [-0.4, -0.2) is 23.4 Å². The molecule has 0 saturated carbocycles. The Bertz CT molecular complexity index is 651. The highest BCUT2D eigenvalue weighted by Gasteiger charge is 2.30. The molecule has 0 radical (unpaired) electrons. The van der Waals surface area contributed by atoms with E-state index in [0.29, 0.717) is 18.1 Å². The molecule has 1 aliphatic heterocycles. The molecule has 0 bridgehead atoms. The summed E-state index contributed by atoms with van der Waals surface area (Å²) >= 11 is 0. The van der Waals surface area contributed by atoms with Crippen LogP contribution in [0.15, 0.2) is 28.7 Å². The maximum atomic E-state index is 12.7. The Morgan fingerprint density at radius 3 is 2.87 bits per heavy atom. The largest absolute Gasteiger partial charge is 0.416 e. The summed E-state index contributed by atoms with van der Waals surface area (Å²) in [7, 11) is 0. The van der Waals surface area contributed by atoms with Crippen LogP contribution in [0.2, 0.25) is 0 Å². The van der Waals surface area contributed by atoms with Crippen LogP contribution in [0.1, 0.15) is 35.8 Å². The molecule has 1 unspecified atom stereocenters. The minimum Gasteiger partial charge on any atom is -0.408 e. The van der Waals surface area contributed by atoms with E-state index < -0.39 is 11.7 Å². The molecule has 0 spiro atoms. The molecular formula is C15H16F3N3O2. The van der Waals surface area contributed by atoms with E-state index in [1.807, 2.05) is 0 Å². The Balaban J connectivity index is 1.61. The smallest absolute Gasteiger partial charge is 0.408 e. The van der Waals surface area contributed by atoms with Gasteiger partial charge in [0.2, 0.25) is 5.89 Å². The first-order valence-electron chi connectivity index (χ1n) is 7.33. The fraction of sp³-hybridized carbons (Fsp3) is 0.467. The number of halogens is 3. The Morgan fingerprint density at radius 1 is 1.26 bits per heavy atom. The molecule has 23 heavy (non-hydrogen) atoms. The molecule has 0 amide bonds. The van der Waals surface area contributed by atoms with Crippen molar-refractivity contribution in [2.75, 3.05) is 18.5 Å². The standard InChI is InChI=1S/C15H16F3N3O2/c16-15(17,18)12-5-1-3-10(7-12)8-19-14-21-20-13(23-14)11-4-2-6-22-9-11/h1,3,5,7,11H,2,4,6,8-9H2,(H,19,21). The second-order valence-electron chi connectivity index (χ2n) is 5.41. The van der Waals surface area contributed by atoms with Crippen LogP contribution >= 0.6 is 0 Å². The highest BCUT2D eigenvalue weighted by molar-refractivity contribution is 5.29. The molecule has 3 rings (SSSR count). The number of alkyl halides is 3. The van der Waals surface area contributed by atoms with Gasteiger partial charge in [-0.25, -0.2) is 0 Å². The van der Waals surface area contributed by atoms with Gasteiger partial charge in [0, 0.05) is 13.2 Å². The number of anilines is 1. The molecule has 0 aliphatic carbocycles. The van der Waals surface area contributed by atoms with Gasteiger partial charge in [-0.1, -0.05) is 17.2 Å². The van der Waals surface area contributed by atoms with Crippen LogP contribution in [0.25, 0.3) is 0 Å². The summed E-state index contributed by atoms with van der Waals surface area (Å²) in [5, 5.41) is 10.7. The van der Waals surface area contributed by atoms with Crippen molar-refractivity contribution in [3.8, 4) is 0 Å². The van der Waals surface area contributed by atoms with Crippen LogP contribution in [0.3, 0.4) is 0 Å². The van der Waals surface area contributed by atoms with Crippen molar-refractivity contribution >= 4 is 6.01 Å². The monoisotopic (exact) mass is 327 g/mol. The lowest BCUT2D eigenvalue weighted by molar-refractivity contribution is -0.137. The third-order valence-electron chi connectivity index (χ3n) is 3.65. The molecule has 1 atom stereocenters. The molecule has 1 saturated heterocycles. The number of hydrogen-bond donors (Lipinski definition) is 1. The summed E-state index contributed by atoms with van der Waals surface area (Å²) in [5.41, 5.74) is -0.192. The quantitative estimate of drug-likeness (QED) is 0.930. The van der Waals surface area contributed by atoms with E-state index in [0.717, 1.165) is 31.6 Å². The lowest BCUT2D eigenvalue weighted by Gasteiger charge is -2.18. The molecule has 1 aromatic heterocycles. The van der Waals surface area contributed by atoms with E-state index in [2.05, 4.69) is 15.5 Å². The van der Waals surface area contributed by atoms with Gasteiger partial charge < -0.3 is 14.5 Å². The summed E-state index contributed by atoms with van der Waals surface area (Å²) in [6, 6.07) is 5.31. The van der Waals surface area contributed by atoms with Crippen LogP contribution in [-0.2, 0) is 17.5 Å². The number of nitrogens with zero attached hydrogens (tertiary/aromatic N) is 2. The zero-order valence-corrected chi connectivity index (χ0v) is 12.3. The number of rotatable bonds is 4. The third-order valence-corrected chi connectivity index (χ3v) is 3.65. The molecule has 5 nitrogen and oxygen atoms in total. The molecule has 1 aliphatic rings. The summed E-state index contributed by atoms with van der Waals surface area (Å²) in [5.74, 6) is 0.580. The predicted molar refractivity (Wildman–Crippen MR) is 75.9 cm³/mol. The van der Waals surface area contributed by atoms with E-state index in [4.69, 9.17) is 9.15 Å². The van der Waals surface area contributed by atoms with E-state index in [-0.39, 0.29) is 18.5 Å². The lowest BCUT2D eigenvalue weighted by Crippen LogP contribution is -2.15. The second kappa shape index (κ2) is 6.57. The van der Waals surface area contributed by atoms with Crippen LogP contribution in [0.4, 0.5) is 19.2 Å². The first-order chi connectivity index (χ1) is 11.0. The highest BCUT2D eigenvalue weighted by atomic mass is 19.4. The van der Waals surface area contributed by atoms with Gasteiger partial charge in [0.25, 0.3) is 0 Å². The molecule has 124 valence electrons. The van der Waals surface area contributed by atoms with Crippen molar-refractivity contribution in [3.63, 3.8) is 0 Å². The van der Waals surface area contributed by atoms with Gasteiger partial charge in [-0.05, 0) is 30.5 Å². The Kier molecular flexibility index (Phi) is 4.51. The van der Waals surface area contributed by atoms with Gasteiger partial charge in [0.05, 0.1) is 18.1 Å². The van der Waals surface area contributed by atoms with Crippen molar-refractivity contribution < 1.29 is 22.3 Å². The third kappa shape index (κ3) is 4.01. The Labute approximate surface area is 130 Å². The molecular weight excluding hydrogens is 311 g/mol. The minimum absolute atomic E-state index is 0.0837. The van der Waals surface area contributed by atoms with Gasteiger partial charge in [-0.15, -0.1) is 5.10 Å². The molecule has 1 fully saturated rings. The minimum atomic E-state index is -4.35. The molecule has 1 aromatic carbocycles. The molecule has 1 N–H and O–H groups in total. The number of nitrogens with one attached hydrogen (secondary N) is 1. The fourth-order valence-corrected chi connectivity index (χ4v) is 2.44. The second-order valence-corrected chi connectivity index (χ2v) is 5.41. The van der Waals surface area contributed by atoms with Crippen molar-refractivity contribution in [2.24, 2.45) is 0 Å². The molecule has 2 heterocycles. The maximum Gasteiger partial charge on any atom is 0.416 e. The Hall–Kier alpha value is -2.09. The van der Waals surface area contributed by atoms with Crippen molar-refractivity contribution in [2.45, 2.75) is 31.5 Å². The van der Waals surface area contributed by atoms with Crippen molar-refractivity contribution in [3.05, 3.63) is 41.3 Å². The zero-order valence-electron chi connectivity index (χ0n) is 12.3. The SMILES string of the molecule is FC(F)(F)c1cccc(CNc2nnc(C3CCCOC3)o2)c1. The van der Waals surface area contributed by atoms with Crippen molar-refractivity contribution in [1.29, 1.82) is 0 Å². The summed E-state index contributed by atoms with van der Waals surface area (Å²) < 4.78 is 48.9. The molecule has 2 aromatic rings. The van der Waals surface area contributed by atoms with Crippen LogP contribution in [0.5, 0.6) is 0 Å². The van der Waals surface area contributed by atoms with Gasteiger partial charge in [-0.3, -0.25) is 0 Å². The first-order valence-corrected chi connectivity index (χ1v) is 7.33. The van der Waals surface area contributed by atoms with E-state index in [1.165, 1.54) is 6.07 Å². The summed E-state index contributed by atoms with van der Waals surface area (Å²) in [6.45, 7) is 1.47. The highest BCUT2D eigenvalue weighted by Crippen LogP contribution is 2.30. The maximum absolute atomic E-state index is 12.7. The zero-order chi connectivity index (χ0) is 16.3. The average Bonchev–Trinajstić information content (AvgIpc) is 3.02. The van der Waals surface area contributed by atoms with Crippen LogP contribution < -0.4 is 5.32 Å². The normalized spacial score (nSPS) is 18.8. The van der Waals surface area contributed by atoms with E-state index in [1.54, 1.807) is 6.07 Å². The van der Waals surface area contributed by atoms with Crippen molar-refractivity contribution in [1.82, 2.24) is 10.2 Å².